The molecule has 2 aliphatic heterocycles. The zero-order valence-corrected chi connectivity index (χ0v) is 15.3. The Kier molecular flexibility index (Phi) is 6.72. The van der Waals surface area contributed by atoms with Crippen LogP contribution in [0.1, 0.15) is 59.8 Å². The molecule has 23 heavy (non-hydrogen) atoms. The average molecular weight is 326 g/mol. The van der Waals surface area contributed by atoms with Gasteiger partial charge in [-0.1, -0.05) is 0 Å². The molecule has 134 valence electrons. The van der Waals surface area contributed by atoms with E-state index in [4.69, 9.17) is 9.47 Å². The van der Waals surface area contributed by atoms with Crippen molar-refractivity contribution in [1.82, 2.24) is 10.2 Å². The Bertz CT molecular complexity index is 375. The Morgan fingerprint density at radius 2 is 2.09 bits per heavy atom. The van der Waals surface area contributed by atoms with Crippen molar-refractivity contribution < 1.29 is 14.3 Å². The van der Waals surface area contributed by atoms with Crippen LogP contribution in [-0.2, 0) is 9.47 Å². The van der Waals surface area contributed by atoms with Gasteiger partial charge in [0, 0.05) is 25.7 Å². The average Bonchev–Trinajstić information content (AvgIpc) is 2.46. The first kappa shape index (κ1) is 18.5. The van der Waals surface area contributed by atoms with Crippen molar-refractivity contribution in [3.63, 3.8) is 0 Å². The minimum atomic E-state index is -0.444. The van der Waals surface area contributed by atoms with Crippen LogP contribution in [0, 0.1) is 5.92 Å². The number of ether oxygens (including phenoxy) is 2. The standard InChI is InChI=1S/C18H34N2O3/c1-14(19-17(21)23-18(2,3)4)15-8-7-10-20(12-15)13-16-9-5-6-11-22-16/h14-16H,5-13H2,1-4H3,(H,19,21)/t14-,15-,16-/m0/s1. The first-order valence-electron chi connectivity index (χ1n) is 9.17. The second-order valence-corrected chi connectivity index (χ2v) is 8.09. The number of likely N-dealkylation sites (tertiary alicyclic amines) is 1. The number of carbonyl (C=O) groups excluding carboxylic acids is 1. The Labute approximate surface area is 141 Å². The molecule has 5 heteroatoms. The molecule has 5 nitrogen and oxygen atoms in total. The summed E-state index contributed by atoms with van der Waals surface area (Å²) in [5, 5.41) is 3.01. The van der Waals surface area contributed by atoms with E-state index in [1.165, 1.54) is 32.1 Å². The molecule has 1 amide bonds. The van der Waals surface area contributed by atoms with Crippen LogP contribution < -0.4 is 5.32 Å². The molecule has 2 saturated heterocycles. The summed E-state index contributed by atoms with van der Waals surface area (Å²) in [6.07, 6.45) is 6.13. The lowest BCUT2D eigenvalue weighted by Crippen LogP contribution is -2.49. The van der Waals surface area contributed by atoms with Crippen molar-refractivity contribution in [2.24, 2.45) is 5.92 Å². The van der Waals surface area contributed by atoms with Crippen LogP contribution >= 0.6 is 0 Å². The Morgan fingerprint density at radius 1 is 1.30 bits per heavy atom. The summed E-state index contributed by atoms with van der Waals surface area (Å²) in [5.41, 5.74) is -0.444. The number of amides is 1. The highest BCUT2D eigenvalue weighted by molar-refractivity contribution is 5.68. The number of nitrogens with zero attached hydrogens (tertiary/aromatic N) is 1. The lowest BCUT2D eigenvalue weighted by Gasteiger charge is -2.38. The number of piperidine rings is 1. The first-order chi connectivity index (χ1) is 10.8. The smallest absolute Gasteiger partial charge is 0.407 e. The molecule has 0 saturated carbocycles. The molecule has 0 bridgehead atoms. The van der Waals surface area contributed by atoms with Gasteiger partial charge in [0.2, 0.25) is 0 Å². The lowest BCUT2D eigenvalue weighted by molar-refractivity contribution is -0.0145. The van der Waals surface area contributed by atoms with Gasteiger partial charge < -0.3 is 19.7 Å². The van der Waals surface area contributed by atoms with Crippen LogP contribution in [-0.4, -0.2) is 55.0 Å². The predicted molar refractivity (Wildman–Crippen MR) is 91.6 cm³/mol. The largest absolute Gasteiger partial charge is 0.444 e. The number of alkyl carbamates (subject to hydrolysis) is 1. The highest BCUT2D eigenvalue weighted by Gasteiger charge is 2.28. The number of hydrogen-bond acceptors (Lipinski definition) is 4. The Hall–Kier alpha value is -0.810. The van der Waals surface area contributed by atoms with E-state index in [0.29, 0.717) is 12.0 Å². The third-order valence-electron chi connectivity index (χ3n) is 4.73. The second-order valence-electron chi connectivity index (χ2n) is 8.09. The third kappa shape index (κ3) is 6.68. The molecule has 0 spiro atoms. The minimum absolute atomic E-state index is 0.139. The topological polar surface area (TPSA) is 50.8 Å². The van der Waals surface area contributed by atoms with Gasteiger partial charge in [0.1, 0.15) is 5.60 Å². The summed E-state index contributed by atoms with van der Waals surface area (Å²) in [4.78, 5) is 14.5. The van der Waals surface area contributed by atoms with Gasteiger partial charge in [-0.05, 0) is 72.3 Å². The molecule has 3 atom stereocenters. The van der Waals surface area contributed by atoms with Gasteiger partial charge in [-0.2, -0.15) is 0 Å². The van der Waals surface area contributed by atoms with Crippen molar-refractivity contribution in [2.75, 3.05) is 26.2 Å². The quantitative estimate of drug-likeness (QED) is 0.862. The summed E-state index contributed by atoms with van der Waals surface area (Å²) in [6.45, 7) is 11.9. The van der Waals surface area contributed by atoms with Crippen molar-refractivity contribution in [1.29, 1.82) is 0 Å². The lowest BCUT2D eigenvalue weighted by atomic mass is 9.91. The molecule has 1 N–H and O–H groups in total. The molecular formula is C18H34N2O3. The van der Waals surface area contributed by atoms with E-state index in [9.17, 15) is 4.79 Å². The van der Waals surface area contributed by atoms with E-state index in [-0.39, 0.29) is 12.1 Å². The zero-order valence-electron chi connectivity index (χ0n) is 15.3. The van der Waals surface area contributed by atoms with Gasteiger partial charge in [0.25, 0.3) is 0 Å². The summed E-state index contributed by atoms with van der Waals surface area (Å²) < 4.78 is 11.2. The maximum absolute atomic E-state index is 11.9. The van der Waals surface area contributed by atoms with Crippen LogP contribution in [0.25, 0.3) is 0 Å². The van der Waals surface area contributed by atoms with Crippen molar-refractivity contribution in [3.8, 4) is 0 Å². The van der Waals surface area contributed by atoms with Gasteiger partial charge in [0.05, 0.1) is 6.10 Å². The molecule has 2 heterocycles. The third-order valence-corrected chi connectivity index (χ3v) is 4.73. The van der Waals surface area contributed by atoms with Gasteiger partial charge >= 0.3 is 6.09 Å². The second kappa shape index (κ2) is 8.34. The Balaban J connectivity index is 1.76. The molecular weight excluding hydrogens is 292 g/mol. The van der Waals surface area contributed by atoms with E-state index in [0.717, 1.165) is 26.2 Å². The van der Waals surface area contributed by atoms with Gasteiger partial charge in [0.15, 0.2) is 0 Å². The van der Waals surface area contributed by atoms with Gasteiger partial charge in [-0.3, -0.25) is 0 Å². The van der Waals surface area contributed by atoms with E-state index >= 15 is 0 Å². The number of nitrogens with one attached hydrogen (secondary N) is 1. The highest BCUT2D eigenvalue weighted by atomic mass is 16.6. The maximum atomic E-state index is 11.9. The predicted octanol–water partition coefficient (Wildman–Crippen LogP) is 3.18. The van der Waals surface area contributed by atoms with E-state index < -0.39 is 5.60 Å². The van der Waals surface area contributed by atoms with Crippen LogP contribution in [0.4, 0.5) is 4.79 Å². The maximum Gasteiger partial charge on any atom is 0.407 e. The van der Waals surface area contributed by atoms with Gasteiger partial charge in [-0.15, -0.1) is 0 Å². The minimum Gasteiger partial charge on any atom is -0.444 e. The van der Waals surface area contributed by atoms with E-state index in [2.05, 4.69) is 17.1 Å². The molecule has 2 aliphatic rings. The van der Waals surface area contributed by atoms with Gasteiger partial charge in [-0.25, -0.2) is 4.79 Å². The molecule has 0 radical (unpaired) electrons. The van der Waals surface area contributed by atoms with Crippen LogP contribution in [0.3, 0.4) is 0 Å². The molecule has 2 rings (SSSR count). The fourth-order valence-electron chi connectivity index (χ4n) is 3.52. The van der Waals surface area contributed by atoms with Crippen LogP contribution in [0.15, 0.2) is 0 Å². The fraction of sp³-hybridized carbons (Fsp3) is 0.944. The van der Waals surface area contributed by atoms with Crippen molar-refractivity contribution >= 4 is 6.09 Å². The molecule has 0 aromatic rings. The normalized spacial score (nSPS) is 28.2. The number of rotatable bonds is 4. The number of carbonyl (C=O) groups is 1. The molecule has 2 fully saturated rings. The SMILES string of the molecule is C[C@H](NC(=O)OC(C)(C)C)[C@H]1CCCN(C[C@@H]2CCCCO2)C1. The van der Waals surface area contributed by atoms with Crippen molar-refractivity contribution in [2.45, 2.75) is 77.5 Å². The monoisotopic (exact) mass is 326 g/mol. The molecule has 0 aliphatic carbocycles. The van der Waals surface area contributed by atoms with Crippen molar-refractivity contribution in [3.05, 3.63) is 0 Å². The molecule has 0 aromatic carbocycles. The summed E-state index contributed by atoms with van der Waals surface area (Å²) in [5.74, 6) is 0.486. The van der Waals surface area contributed by atoms with Crippen LogP contribution in [0.5, 0.6) is 0 Å². The Morgan fingerprint density at radius 3 is 2.74 bits per heavy atom. The van der Waals surface area contributed by atoms with E-state index in [1.54, 1.807) is 0 Å². The zero-order chi connectivity index (χ0) is 16.9. The number of hydrogen-bond donors (Lipinski definition) is 1. The fourth-order valence-corrected chi connectivity index (χ4v) is 3.52. The summed E-state index contributed by atoms with van der Waals surface area (Å²) >= 11 is 0. The summed E-state index contributed by atoms with van der Waals surface area (Å²) in [6, 6.07) is 0.139. The molecule has 0 aromatic heterocycles. The highest BCUT2D eigenvalue weighted by Crippen LogP contribution is 2.22. The first-order valence-corrected chi connectivity index (χ1v) is 9.17. The van der Waals surface area contributed by atoms with E-state index in [1.807, 2.05) is 20.8 Å². The van der Waals surface area contributed by atoms with Crippen LogP contribution in [0.2, 0.25) is 0 Å². The summed E-state index contributed by atoms with van der Waals surface area (Å²) in [7, 11) is 0. The molecule has 0 unspecified atom stereocenters.